The van der Waals surface area contributed by atoms with Gasteiger partial charge in [-0.15, -0.1) is 0 Å². The highest BCUT2D eigenvalue weighted by Gasteiger charge is 2.34. The third kappa shape index (κ3) is 4.32. The van der Waals surface area contributed by atoms with Crippen LogP contribution in [0.15, 0.2) is 35.1 Å². The smallest absolute Gasteiger partial charge is 0.354 e. The first-order valence-electron chi connectivity index (χ1n) is 8.62. The van der Waals surface area contributed by atoms with Crippen LogP contribution >= 0.6 is 0 Å². The van der Waals surface area contributed by atoms with Gasteiger partial charge in [-0.25, -0.2) is 9.07 Å². The lowest BCUT2D eigenvalue weighted by Gasteiger charge is -2.32. The molecule has 10 heteroatoms. The van der Waals surface area contributed by atoms with E-state index in [0.29, 0.717) is 43.9 Å². The maximum atomic E-state index is 13.4. The molecule has 0 spiro atoms. The Kier molecular flexibility index (Phi) is 5.39. The summed E-state index contributed by atoms with van der Waals surface area (Å²) in [5.41, 5.74) is -1.80. The summed E-state index contributed by atoms with van der Waals surface area (Å²) in [6.07, 6.45) is -3.61. The molecule has 6 nitrogen and oxygen atoms in total. The second kappa shape index (κ2) is 7.61. The number of carbonyl (C=O) groups is 1. The van der Waals surface area contributed by atoms with Crippen molar-refractivity contribution in [2.24, 2.45) is 13.0 Å². The van der Waals surface area contributed by atoms with Gasteiger partial charge >= 0.3 is 6.18 Å². The fraction of sp³-hybridized carbons (Fsp3) is 0.389. The van der Waals surface area contributed by atoms with Crippen LogP contribution in [0.4, 0.5) is 29.1 Å². The Morgan fingerprint density at radius 1 is 1.25 bits per heavy atom. The highest BCUT2D eigenvalue weighted by molar-refractivity contribution is 5.93. The fourth-order valence-electron chi connectivity index (χ4n) is 3.12. The number of halogens is 4. The Hall–Kier alpha value is -2.91. The van der Waals surface area contributed by atoms with Crippen molar-refractivity contribution in [2.75, 3.05) is 23.3 Å². The van der Waals surface area contributed by atoms with Crippen LogP contribution < -0.4 is 15.8 Å². The quantitative estimate of drug-likeness (QED) is 0.808. The van der Waals surface area contributed by atoms with Crippen molar-refractivity contribution in [2.45, 2.75) is 19.0 Å². The van der Waals surface area contributed by atoms with E-state index in [1.54, 1.807) is 6.07 Å². The van der Waals surface area contributed by atoms with Crippen molar-refractivity contribution in [1.82, 2.24) is 9.78 Å². The molecule has 1 aliphatic rings. The predicted molar refractivity (Wildman–Crippen MR) is 94.4 cm³/mol. The van der Waals surface area contributed by atoms with Gasteiger partial charge in [0.15, 0.2) is 0 Å². The molecule has 28 heavy (non-hydrogen) atoms. The zero-order valence-corrected chi connectivity index (χ0v) is 15.0. The lowest BCUT2D eigenvalue weighted by molar-refractivity contribution is -0.140. The monoisotopic (exact) mass is 398 g/mol. The maximum Gasteiger partial charge on any atom is 0.419 e. The Morgan fingerprint density at radius 3 is 2.68 bits per heavy atom. The van der Waals surface area contributed by atoms with Crippen LogP contribution in [0.1, 0.15) is 18.4 Å². The standard InChI is InChI=1S/C18H18F4N4O2/c1-25-16(27)7-6-15(24-25)26-8-2-3-11(10-26)17(28)23-12-4-5-14(19)13(9-12)18(20,21)22/h4-7,9,11H,2-3,8,10H2,1H3,(H,23,28)/t11-/m0/s1. The van der Waals surface area contributed by atoms with Crippen LogP contribution in [0, 0.1) is 11.7 Å². The maximum absolute atomic E-state index is 13.4. The lowest BCUT2D eigenvalue weighted by atomic mass is 9.97. The van der Waals surface area contributed by atoms with Gasteiger partial charge in [0.1, 0.15) is 11.6 Å². The minimum absolute atomic E-state index is 0.115. The summed E-state index contributed by atoms with van der Waals surface area (Å²) in [7, 11) is 1.52. The third-order valence-corrected chi connectivity index (χ3v) is 4.60. The summed E-state index contributed by atoms with van der Waals surface area (Å²) < 4.78 is 53.1. The molecular formula is C18H18F4N4O2. The highest BCUT2D eigenvalue weighted by Crippen LogP contribution is 2.33. The Morgan fingerprint density at radius 2 is 2.00 bits per heavy atom. The number of rotatable bonds is 3. The first-order chi connectivity index (χ1) is 13.1. The molecule has 0 radical (unpaired) electrons. The van der Waals surface area contributed by atoms with Gasteiger partial charge in [-0.3, -0.25) is 9.59 Å². The largest absolute Gasteiger partial charge is 0.419 e. The number of piperidine rings is 1. The van der Waals surface area contributed by atoms with Crippen LogP contribution in [0.3, 0.4) is 0 Å². The summed E-state index contributed by atoms with van der Waals surface area (Å²) in [5, 5.41) is 6.59. The molecule has 0 bridgehead atoms. The number of aryl methyl sites for hydroxylation is 1. The average Bonchev–Trinajstić information content (AvgIpc) is 2.64. The number of hydrogen-bond acceptors (Lipinski definition) is 4. The molecule has 1 aromatic heterocycles. The molecule has 0 aliphatic carbocycles. The topological polar surface area (TPSA) is 67.2 Å². The van der Waals surface area contributed by atoms with Crippen LogP contribution in [-0.4, -0.2) is 28.8 Å². The molecule has 1 aliphatic heterocycles. The fourth-order valence-corrected chi connectivity index (χ4v) is 3.12. The molecule has 1 amide bonds. The first-order valence-corrected chi connectivity index (χ1v) is 8.62. The van der Waals surface area contributed by atoms with Crippen LogP contribution in [0.5, 0.6) is 0 Å². The third-order valence-electron chi connectivity index (χ3n) is 4.60. The molecule has 1 atom stereocenters. The van der Waals surface area contributed by atoms with Gasteiger partial charge in [-0.2, -0.15) is 18.3 Å². The normalized spacial score (nSPS) is 17.5. The Bertz CT molecular complexity index is 942. The first kappa shape index (κ1) is 19.8. The lowest BCUT2D eigenvalue weighted by Crippen LogP contribution is -2.41. The molecule has 0 saturated carbocycles. The number of nitrogens with one attached hydrogen (secondary N) is 1. The number of benzene rings is 1. The van der Waals surface area contributed by atoms with E-state index in [2.05, 4.69) is 10.4 Å². The van der Waals surface area contributed by atoms with Gasteiger partial charge in [0.25, 0.3) is 5.56 Å². The van der Waals surface area contributed by atoms with Crippen molar-refractivity contribution in [3.8, 4) is 0 Å². The van der Waals surface area contributed by atoms with E-state index in [9.17, 15) is 27.2 Å². The highest BCUT2D eigenvalue weighted by atomic mass is 19.4. The van der Waals surface area contributed by atoms with E-state index in [4.69, 9.17) is 0 Å². The van der Waals surface area contributed by atoms with Gasteiger partial charge in [0.05, 0.1) is 11.5 Å². The molecule has 1 N–H and O–H groups in total. The molecular weight excluding hydrogens is 380 g/mol. The summed E-state index contributed by atoms with van der Waals surface area (Å²) in [6, 6.07) is 5.31. The minimum atomic E-state index is -4.85. The van der Waals surface area contributed by atoms with Gasteiger partial charge < -0.3 is 10.2 Å². The number of anilines is 2. The van der Waals surface area contributed by atoms with Crippen LogP contribution in [0.2, 0.25) is 0 Å². The van der Waals surface area contributed by atoms with Crippen molar-refractivity contribution < 1.29 is 22.4 Å². The van der Waals surface area contributed by atoms with E-state index < -0.39 is 29.4 Å². The van der Waals surface area contributed by atoms with E-state index in [0.717, 1.165) is 6.07 Å². The number of hydrogen-bond donors (Lipinski definition) is 1. The van der Waals surface area contributed by atoms with E-state index >= 15 is 0 Å². The van der Waals surface area contributed by atoms with Crippen LogP contribution in [0.25, 0.3) is 0 Å². The van der Waals surface area contributed by atoms with Crippen molar-refractivity contribution >= 4 is 17.4 Å². The molecule has 1 saturated heterocycles. The number of aromatic nitrogens is 2. The number of amides is 1. The van der Waals surface area contributed by atoms with E-state index in [1.807, 2.05) is 4.90 Å². The zero-order chi connectivity index (χ0) is 20.5. The van der Waals surface area contributed by atoms with E-state index in [-0.39, 0.29) is 11.2 Å². The molecule has 1 aromatic carbocycles. The van der Waals surface area contributed by atoms with Crippen molar-refractivity contribution in [1.29, 1.82) is 0 Å². The van der Waals surface area contributed by atoms with Crippen molar-refractivity contribution in [3.05, 3.63) is 52.1 Å². The second-order valence-corrected chi connectivity index (χ2v) is 6.62. The van der Waals surface area contributed by atoms with Gasteiger partial charge in [-0.1, -0.05) is 0 Å². The molecule has 1 fully saturated rings. The van der Waals surface area contributed by atoms with Gasteiger partial charge in [-0.05, 0) is 37.1 Å². The van der Waals surface area contributed by atoms with Crippen molar-refractivity contribution in [3.63, 3.8) is 0 Å². The minimum Gasteiger partial charge on any atom is -0.354 e. The summed E-state index contributed by atoms with van der Waals surface area (Å²) in [6.45, 7) is 0.952. The SMILES string of the molecule is Cn1nc(N2CCC[C@H](C(=O)Nc3ccc(F)c(C(F)(F)F)c3)C2)ccc1=O. The van der Waals surface area contributed by atoms with Gasteiger partial charge in [0, 0.05) is 31.9 Å². The summed E-state index contributed by atoms with van der Waals surface area (Å²) in [4.78, 5) is 25.8. The average molecular weight is 398 g/mol. The molecule has 150 valence electrons. The number of carbonyl (C=O) groups excluding carboxylic acids is 1. The zero-order valence-electron chi connectivity index (χ0n) is 15.0. The molecule has 0 unspecified atom stereocenters. The molecule has 2 aromatic rings. The Balaban J connectivity index is 1.72. The van der Waals surface area contributed by atoms with E-state index in [1.165, 1.54) is 17.8 Å². The molecule has 3 rings (SSSR count). The summed E-state index contributed by atoms with van der Waals surface area (Å²) >= 11 is 0. The Labute approximate surface area is 157 Å². The number of alkyl halides is 3. The van der Waals surface area contributed by atoms with Gasteiger partial charge in [0.2, 0.25) is 5.91 Å². The second-order valence-electron chi connectivity index (χ2n) is 6.62. The summed E-state index contributed by atoms with van der Waals surface area (Å²) in [5.74, 6) is -1.78. The van der Waals surface area contributed by atoms with Crippen LogP contribution in [-0.2, 0) is 18.0 Å². The number of nitrogens with zero attached hydrogens (tertiary/aromatic N) is 3. The predicted octanol–water partition coefficient (Wildman–Crippen LogP) is 2.79. The molecule has 2 heterocycles.